The number of nitrogens with one attached hydrogen (secondary N) is 1. The molecule has 2 aliphatic heterocycles. The quantitative estimate of drug-likeness (QED) is 0.822. The zero-order valence-corrected chi connectivity index (χ0v) is 12.3. The number of carboxylic acid groups (broad SMARTS) is 1. The Morgan fingerprint density at radius 1 is 1.25 bits per heavy atom. The van der Waals surface area contributed by atoms with Crippen LogP contribution in [0, 0.1) is 5.92 Å². The van der Waals surface area contributed by atoms with Crippen molar-refractivity contribution in [2.75, 3.05) is 13.1 Å². The van der Waals surface area contributed by atoms with E-state index in [1.54, 1.807) is 4.90 Å². The van der Waals surface area contributed by atoms with Gasteiger partial charge in [-0.2, -0.15) is 0 Å². The molecule has 0 aromatic heterocycles. The van der Waals surface area contributed by atoms with Crippen molar-refractivity contribution in [3.05, 3.63) is 0 Å². The molecule has 2 rings (SSSR count). The first-order chi connectivity index (χ1) is 9.59. The Morgan fingerprint density at radius 2 is 2.05 bits per heavy atom. The SMILES string of the molecule is CC1CCCN(C(=O)CCC2CCCCN2)C1C(=O)O. The van der Waals surface area contributed by atoms with Crippen LogP contribution in [0.1, 0.15) is 51.9 Å². The van der Waals surface area contributed by atoms with Gasteiger partial charge in [0.1, 0.15) is 6.04 Å². The van der Waals surface area contributed by atoms with E-state index in [2.05, 4.69) is 5.32 Å². The van der Waals surface area contributed by atoms with Crippen molar-refractivity contribution in [3.63, 3.8) is 0 Å². The molecule has 0 aromatic rings. The van der Waals surface area contributed by atoms with Crippen LogP contribution >= 0.6 is 0 Å². The van der Waals surface area contributed by atoms with E-state index in [0.29, 0.717) is 19.0 Å². The minimum absolute atomic E-state index is 0.0105. The first kappa shape index (κ1) is 15.3. The lowest BCUT2D eigenvalue weighted by atomic mass is 9.90. The first-order valence-corrected chi connectivity index (χ1v) is 7.85. The molecule has 5 nitrogen and oxygen atoms in total. The molecule has 2 N–H and O–H groups in total. The topological polar surface area (TPSA) is 69.6 Å². The molecule has 114 valence electrons. The molecule has 0 aliphatic carbocycles. The molecule has 1 amide bonds. The van der Waals surface area contributed by atoms with Crippen LogP contribution in [0.25, 0.3) is 0 Å². The molecular weight excluding hydrogens is 256 g/mol. The van der Waals surface area contributed by atoms with E-state index in [1.165, 1.54) is 12.8 Å². The van der Waals surface area contributed by atoms with Crippen LogP contribution in [0.3, 0.4) is 0 Å². The standard InChI is InChI=1S/C15H26N2O3/c1-11-5-4-10-17(14(11)15(19)20)13(18)8-7-12-6-2-3-9-16-12/h11-12,14,16H,2-10H2,1H3,(H,19,20). The molecule has 2 saturated heterocycles. The zero-order valence-electron chi connectivity index (χ0n) is 12.3. The van der Waals surface area contributed by atoms with E-state index < -0.39 is 12.0 Å². The number of carbonyl (C=O) groups excluding carboxylic acids is 1. The second kappa shape index (κ2) is 7.07. The molecule has 0 saturated carbocycles. The first-order valence-electron chi connectivity index (χ1n) is 7.85. The highest BCUT2D eigenvalue weighted by Gasteiger charge is 2.36. The van der Waals surface area contributed by atoms with E-state index in [4.69, 9.17) is 0 Å². The lowest BCUT2D eigenvalue weighted by Gasteiger charge is -2.37. The van der Waals surface area contributed by atoms with E-state index in [1.807, 2.05) is 6.92 Å². The highest BCUT2D eigenvalue weighted by molar-refractivity contribution is 5.84. The summed E-state index contributed by atoms with van der Waals surface area (Å²) in [6.45, 7) is 3.57. The number of likely N-dealkylation sites (tertiary alicyclic amines) is 1. The van der Waals surface area contributed by atoms with Crippen LogP contribution in [0.4, 0.5) is 0 Å². The van der Waals surface area contributed by atoms with Gasteiger partial charge >= 0.3 is 5.97 Å². The van der Waals surface area contributed by atoms with Gasteiger partial charge in [-0.15, -0.1) is 0 Å². The number of aliphatic carboxylic acids is 1. The fourth-order valence-corrected chi connectivity index (χ4v) is 3.46. The average molecular weight is 282 g/mol. The predicted octanol–water partition coefficient (Wildman–Crippen LogP) is 1.62. The Bertz CT molecular complexity index is 353. The van der Waals surface area contributed by atoms with Crippen molar-refractivity contribution in [3.8, 4) is 0 Å². The number of carboxylic acids is 1. The average Bonchev–Trinajstić information content (AvgIpc) is 2.45. The number of piperidine rings is 2. The summed E-state index contributed by atoms with van der Waals surface area (Å²) >= 11 is 0. The van der Waals surface area contributed by atoms with Gasteiger partial charge in [-0.3, -0.25) is 4.79 Å². The van der Waals surface area contributed by atoms with Gasteiger partial charge in [-0.05, 0) is 44.6 Å². The third-order valence-corrected chi connectivity index (χ3v) is 4.63. The van der Waals surface area contributed by atoms with Crippen LogP contribution in [0.5, 0.6) is 0 Å². The monoisotopic (exact) mass is 282 g/mol. The molecule has 2 heterocycles. The van der Waals surface area contributed by atoms with E-state index in [9.17, 15) is 14.7 Å². The van der Waals surface area contributed by atoms with Gasteiger partial charge in [0.2, 0.25) is 5.91 Å². The Balaban J connectivity index is 1.87. The minimum Gasteiger partial charge on any atom is -0.480 e. The maximum atomic E-state index is 12.3. The molecule has 0 aromatic carbocycles. The second-order valence-electron chi connectivity index (χ2n) is 6.18. The number of carbonyl (C=O) groups is 2. The van der Waals surface area contributed by atoms with E-state index >= 15 is 0 Å². The van der Waals surface area contributed by atoms with Crippen molar-refractivity contribution < 1.29 is 14.7 Å². The molecule has 2 fully saturated rings. The van der Waals surface area contributed by atoms with Crippen molar-refractivity contribution in [1.82, 2.24) is 10.2 Å². The summed E-state index contributed by atoms with van der Waals surface area (Å²) in [4.78, 5) is 25.3. The Hall–Kier alpha value is -1.10. The van der Waals surface area contributed by atoms with Gasteiger partial charge in [0.15, 0.2) is 0 Å². The third-order valence-electron chi connectivity index (χ3n) is 4.63. The summed E-state index contributed by atoms with van der Waals surface area (Å²) in [6, 6.07) is -0.200. The fraction of sp³-hybridized carbons (Fsp3) is 0.867. The third kappa shape index (κ3) is 3.72. The fourth-order valence-electron chi connectivity index (χ4n) is 3.46. The lowest BCUT2D eigenvalue weighted by molar-refractivity contribution is -0.154. The molecule has 20 heavy (non-hydrogen) atoms. The number of rotatable bonds is 4. The van der Waals surface area contributed by atoms with Gasteiger partial charge in [-0.25, -0.2) is 4.79 Å². The molecule has 0 radical (unpaired) electrons. The molecule has 0 spiro atoms. The normalized spacial score (nSPS) is 31.1. The number of hydrogen-bond acceptors (Lipinski definition) is 3. The predicted molar refractivity (Wildman–Crippen MR) is 76.4 cm³/mol. The minimum atomic E-state index is -0.860. The number of hydrogen-bond donors (Lipinski definition) is 2. The van der Waals surface area contributed by atoms with Crippen LogP contribution in [-0.4, -0.2) is 47.1 Å². The van der Waals surface area contributed by atoms with Crippen LogP contribution in [-0.2, 0) is 9.59 Å². The molecule has 5 heteroatoms. The Labute approximate surface area is 120 Å². The number of amides is 1. The van der Waals surface area contributed by atoms with Gasteiger partial charge < -0.3 is 15.3 Å². The van der Waals surface area contributed by atoms with Gasteiger partial charge in [0, 0.05) is 19.0 Å². The van der Waals surface area contributed by atoms with Gasteiger partial charge in [0.05, 0.1) is 0 Å². The summed E-state index contributed by atoms with van der Waals surface area (Å²) < 4.78 is 0. The smallest absolute Gasteiger partial charge is 0.326 e. The number of nitrogens with zero attached hydrogens (tertiary/aromatic N) is 1. The molecule has 3 unspecified atom stereocenters. The zero-order chi connectivity index (χ0) is 14.5. The lowest BCUT2D eigenvalue weighted by Crippen LogP contribution is -2.52. The highest BCUT2D eigenvalue weighted by Crippen LogP contribution is 2.25. The van der Waals surface area contributed by atoms with Crippen molar-refractivity contribution in [2.24, 2.45) is 5.92 Å². The largest absolute Gasteiger partial charge is 0.480 e. The van der Waals surface area contributed by atoms with E-state index in [0.717, 1.165) is 32.2 Å². The summed E-state index contributed by atoms with van der Waals surface area (Å²) in [5.74, 6) is -0.796. The molecular formula is C15H26N2O3. The molecule has 2 aliphatic rings. The van der Waals surface area contributed by atoms with Crippen LogP contribution in [0.15, 0.2) is 0 Å². The Kier molecular flexibility index (Phi) is 5.40. The second-order valence-corrected chi connectivity index (χ2v) is 6.18. The van der Waals surface area contributed by atoms with Crippen LogP contribution < -0.4 is 5.32 Å². The van der Waals surface area contributed by atoms with Crippen molar-refractivity contribution in [1.29, 1.82) is 0 Å². The molecule has 3 atom stereocenters. The van der Waals surface area contributed by atoms with Crippen molar-refractivity contribution >= 4 is 11.9 Å². The van der Waals surface area contributed by atoms with Gasteiger partial charge in [0.25, 0.3) is 0 Å². The summed E-state index contributed by atoms with van der Waals surface area (Å²) in [5.41, 5.74) is 0. The van der Waals surface area contributed by atoms with Crippen molar-refractivity contribution in [2.45, 2.75) is 64.0 Å². The molecule has 0 bridgehead atoms. The van der Waals surface area contributed by atoms with Crippen LogP contribution in [0.2, 0.25) is 0 Å². The van der Waals surface area contributed by atoms with Gasteiger partial charge in [-0.1, -0.05) is 13.3 Å². The summed E-state index contributed by atoms with van der Waals surface area (Å²) in [6.07, 6.45) is 6.68. The van der Waals surface area contributed by atoms with E-state index in [-0.39, 0.29) is 11.8 Å². The maximum absolute atomic E-state index is 12.3. The maximum Gasteiger partial charge on any atom is 0.326 e. The summed E-state index contributed by atoms with van der Waals surface area (Å²) in [7, 11) is 0. The summed E-state index contributed by atoms with van der Waals surface area (Å²) in [5, 5.41) is 12.8. The Morgan fingerprint density at radius 3 is 2.70 bits per heavy atom. The highest BCUT2D eigenvalue weighted by atomic mass is 16.4.